The third-order valence-electron chi connectivity index (χ3n) is 6.82. The van der Waals surface area contributed by atoms with Gasteiger partial charge in [-0.3, -0.25) is 0 Å². The minimum absolute atomic E-state index is 0.0195. The molecule has 0 saturated carbocycles. The molecular formula is C23H32IN3O3Si. The fourth-order valence-electron chi connectivity index (χ4n) is 3.85. The van der Waals surface area contributed by atoms with E-state index in [1.165, 1.54) is 0 Å². The molecule has 1 aromatic carbocycles. The van der Waals surface area contributed by atoms with Crippen LogP contribution in [-0.4, -0.2) is 31.3 Å². The Morgan fingerprint density at radius 3 is 2.74 bits per heavy atom. The lowest BCUT2D eigenvalue weighted by atomic mass is 10.1. The van der Waals surface area contributed by atoms with E-state index in [2.05, 4.69) is 73.7 Å². The third kappa shape index (κ3) is 4.49. The summed E-state index contributed by atoms with van der Waals surface area (Å²) in [6, 6.07) is 4.22. The van der Waals surface area contributed by atoms with E-state index in [0.29, 0.717) is 13.0 Å². The van der Waals surface area contributed by atoms with Crippen LogP contribution in [0.15, 0.2) is 24.5 Å². The molecule has 1 atom stereocenters. The molecule has 0 spiro atoms. The van der Waals surface area contributed by atoms with Gasteiger partial charge in [-0.15, -0.1) is 0 Å². The second-order valence-corrected chi connectivity index (χ2v) is 15.9. The van der Waals surface area contributed by atoms with E-state index in [9.17, 15) is 5.21 Å². The van der Waals surface area contributed by atoms with E-state index >= 15 is 0 Å². The number of hydrogen-bond acceptors (Lipinski definition) is 4. The van der Waals surface area contributed by atoms with Crippen LogP contribution in [0.2, 0.25) is 18.1 Å². The summed E-state index contributed by atoms with van der Waals surface area (Å²) in [6.45, 7) is 12.5. The molecule has 0 amide bonds. The first-order chi connectivity index (χ1) is 14.6. The van der Waals surface area contributed by atoms with Crippen LogP contribution >= 0.6 is 22.6 Å². The Morgan fingerprint density at radius 1 is 1.29 bits per heavy atom. The van der Waals surface area contributed by atoms with Crippen LogP contribution in [0, 0.1) is 8.78 Å². The summed E-state index contributed by atoms with van der Waals surface area (Å²) in [5, 5.41) is 20.7. The van der Waals surface area contributed by atoms with Gasteiger partial charge in [0.15, 0.2) is 20.7 Å². The van der Waals surface area contributed by atoms with Gasteiger partial charge in [-0.05, 0) is 72.1 Å². The number of hydrogen-bond donors (Lipinski definition) is 0. The highest BCUT2D eigenvalue weighted by Crippen LogP contribution is 2.37. The first-order valence-electron chi connectivity index (χ1n) is 11.1. The van der Waals surface area contributed by atoms with Gasteiger partial charge in [-0.25, -0.2) is 4.68 Å². The summed E-state index contributed by atoms with van der Waals surface area (Å²) >= 11 is 2.31. The predicted octanol–water partition coefficient (Wildman–Crippen LogP) is 5.69. The fraction of sp³-hybridized carbons (Fsp3) is 0.565. The van der Waals surface area contributed by atoms with Crippen LogP contribution in [0.1, 0.15) is 52.0 Å². The van der Waals surface area contributed by atoms with Gasteiger partial charge in [-0.2, -0.15) is 9.83 Å². The number of halogens is 1. The van der Waals surface area contributed by atoms with Gasteiger partial charge >= 0.3 is 0 Å². The minimum Gasteiger partial charge on any atom is -0.618 e. The lowest BCUT2D eigenvalue weighted by Gasteiger charge is -2.36. The van der Waals surface area contributed by atoms with Gasteiger partial charge in [0.25, 0.3) is 0 Å². The number of benzene rings is 1. The molecule has 6 nitrogen and oxygen atoms in total. The van der Waals surface area contributed by atoms with Crippen LogP contribution in [0.4, 0.5) is 0 Å². The number of ether oxygens (including phenoxy) is 1. The number of fused-ring (bicyclic) bond motifs is 2. The molecule has 1 saturated heterocycles. The van der Waals surface area contributed by atoms with Gasteiger partial charge < -0.3 is 14.4 Å². The largest absolute Gasteiger partial charge is 0.618 e. The van der Waals surface area contributed by atoms with E-state index in [1.807, 2.05) is 10.9 Å². The summed E-state index contributed by atoms with van der Waals surface area (Å²) in [5.74, 6) is 0. The minimum atomic E-state index is -1.83. The van der Waals surface area contributed by atoms with Crippen molar-refractivity contribution in [1.29, 1.82) is 0 Å². The Labute approximate surface area is 198 Å². The summed E-state index contributed by atoms with van der Waals surface area (Å²) in [5.41, 5.74) is 1.79. The lowest BCUT2D eigenvalue weighted by molar-refractivity contribution is -0.613. The smallest absolute Gasteiger partial charge is 0.208 e. The number of rotatable bonds is 5. The molecule has 31 heavy (non-hydrogen) atoms. The first kappa shape index (κ1) is 22.9. The Balaban J connectivity index is 1.64. The zero-order chi connectivity index (χ0) is 22.4. The topological polar surface area (TPSA) is 63.2 Å². The highest BCUT2D eigenvalue weighted by molar-refractivity contribution is 14.1. The van der Waals surface area contributed by atoms with Crippen molar-refractivity contribution in [3.63, 3.8) is 0 Å². The summed E-state index contributed by atoms with van der Waals surface area (Å²) in [7, 11) is -1.83. The second kappa shape index (κ2) is 8.61. The molecule has 3 heterocycles. The second-order valence-electron chi connectivity index (χ2n) is 9.98. The summed E-state index contributed by atoms with van der Waals surface area (Å²) in [4.78, 5) is 0. The van der Waals surface area contributed by atoms with Crippen LogP contribution in [-0.2, 0) is 15.6 Å². The van der Waals surface area contributed by atoms with E-state index in [-0.39, 0.29) is 11.3 Å². The zero-order valence-corrected chi connectivity index (χ0v) is 22.2. The zero-order valence-electron chi connectivity index (χ0n) is 19.1. The molecule has 168 valence electrons. The average Bonchev–Trinajstić information content (AvgIpc) is 3.12. The van der Waals surface area contributed by atoms with Crippen molar-refractivity contribution in [1.82, 2.24) is 9.78 Å². The molecule has 1 fully saturated rings. The predicted molar refractivity (Wildman–Crippen MR) is 135 cm³/mol. The maximum absolute atomic E-state index is 12.9. The molecule has 8 heteroatoms. The van der Waals surface area contributed by atoms with Crippen molar-refractivity contribution in [3.05, 3.63) is 39.0 Å². The van der Waals surface area contributed by atoms with Gasteiger partial charge in [0.05, 0.1) is 27.1 Å². The van der Waals surface area contributed by atoms with Crippen molar-refractivity contribution in [2.75, 3.05) is 13.2 Å². The highest BCUT2D eigenvalue weighted by Gasteiger charge is 2.37. The van der Waals surface area contributed by atoms with E-state index < -0.39 is 8.32 Å². The van der Waals surface area contributed by atoms with E-state index in [0.717, 1.165) is 61.5 Å². The Kier molecular flexibility index (Phi) is 6.37. The quantitative estimate of drug-likeness (QED) is 0.176. The third-order valence-corrected chi connectivity index (χ3v) is 12.6. The Morgan fingerprint density at radius 2 is 2.06 bits per heavy atom. The van der Waals surface area contributed by atoms with Crippen molar-refractivity contribution < 1.29 is 13.9 Å². The maximum atomic E-state index is 12.9. The van der Waals surface area contributed by atoms with Crippen LogP contribution in [0.25, 0.3) is 21.7 Å². The van der Waals surface area contributed by atoms with Gasteiger partial charge in [0.1, 0.15) is 0 Å². The Bertz CT molecular complexity index is 1100. The average molecular weight is 554 g/mol. The molecule has 2 aromatic heterocycles. The van der Waals surface area contributed by atoms with Crippen molar-refractivity contribution >= 4 is 52.6 Å². The number of pyridine rings is 1. The molecule has 1 aliphatic heterocycles. The number of nitrogens with zero attached hydrogens (tertiary/aromatic N) is 3. The molecule has 3 aromatic rings. The number of aromatic nitrogens is 3. The van der Waals surface area contributed by atoms with E-state index in [4.69, 9.17) is 9.16 Å². The molecule has 1 aliphatic rings. The van der Waals surface area contributed by atoms with Gasteiger partial charge in [0, 0.05) is 24.0 Å². The van der Waals surface area contributed by atoms with Crippen LogP contribution < -0.4 is 4.73 Å². The molecule has 0 bridgehead atoms. The molecule has 0 N–H and O–H groups in total. The standard InChI is InChI=1S/C23H32IN3O3Si/c1-23(2,3)31(4,5)30-11-9-19-22(24)18-12-16-14-25-27(21-8-6-7-10-29-21)20(16)13-17(18)15-26(19)28/h12-15,21H,6-11H2,1-5H3. The highest BCUT2D eigenvalue weighted by atomic mass is 127. The SMILES string of the molecule is CC(C)(C)[Si](C)(C)OCCc1c(I)c2cc3cnn(C4CCCCO4)c3cc2c[n+]1[O-]. The van der Waals surface area contributed by atoms with Crippen molar-refractivity contribution in [3.8, 4) is 0 Å². The maximum Gasteiger partial charge on any atom is 0.208 e. The van der Waals surface area contributed by atoms with Crippen molar-refractivity contribution in [2.45, 2.75) is 70.8 Å². The molecule has 1 unspecified atom stereocenters. The van der Waals surface area contributed by atoms with Gasteiger partial charge in [-0.1, -0.05) is 20.8 Å². The Hall–Kier alpha value is -1.23. The molecule has 4 rings (SSSR count). The summed E-state index contributed by atoms with van der Waals surface area (Å²) in [6.07, 6.45) is 7.42. The molecule has 0 aliphatic carbocycles. The van der Waals surface area contributed by atoms with Crippen LogP contribution in [0.5, 0.6) is 0 Å². The van der Waals surface area contributed by atoms with Crippen molar-refractivity contribution in [2.24, 2.45) is 0 Å². The first-order valence-corrected chi connectivity index (χ1v) is 15.0. The fourth-order valence-corrected chi connectivity index (χ4v) is 5.87. The normalized spacial score (nSPS) is 18.2. The summed E-state index contributed by atoms with van der Waals surface area (Å²) < 4.78 is 16.2. The molecular weight excluding hydrogens is 521 g/mol. The van der Waals surface area contributed by atoms with Gasteiger partial charge in [0.2, 0.25) is 5.69 Å². The molecule has 0 radical (unpaired) electrons. The lowest BCUT2D eigenvalue weighted by Crippen LogP contribution is -2.42. The monoisotopic (exact) mass is 553 g/mol. The van der Waals surface area contributed by atoms with E-state index in [1.54, 1.807) is 6.20 Å². The van der Waals surface area contributed by atoms with Crippen LogP contribution in [0.3, 0.4) is 0 Å².